The zero-order valence-corrected chi connectivity index (χ0v) is 13.7. The van der Waals surface area contributed by atoms with E-state index < -0.39 is 0 Å². The molecule has 0 radical (unpaired) electrons. The number of pyridine rings is 1. The number of benzene rings is 1. The van der Waals surface area contributed by atoms with E-state index in [0.717, 1.165) is 10.9 Å². The molecule has 112 valence electrons. The molecule has 0 atom stereocenters. The van der Waals surface area contributed by atoms with Crippen molar-refractivity contribution in [2.45, 2.75) is 33.7 Å². The second-order valence-electron chi connectivity index (χ2n) is 5.95. The van der Waals surface area contributed by atoms with Crippen LogP contribution in [0, 0.1) is 5.92 Å². The first-order chi connectivity index (χ1) is 9.90. The number of carbonyl (C=O) groups excluding carboxylic acids is 1. The van der Waals surface area contributed by atoms with Crippen molar-refractivity contribution in [3.8, 4) is 0 Å². The fraction of sp³-hybridized carbons (Fsp3) is 0.412. The Hall–Kier alpha value is -1.61. The highest BCUT2D eigenvalue weighted by Crippen LogP contribution is 2.23. The molecule has 1 amide bonds. The lowest BCUT2D eigenvalue weighted by molar-refractivity contribution is 0.0676. The van der Waals surface area contributed by atoms with Crippen LogP contribution in [0.2, 0.25) is 5.02 Å². The number of hydrogen-bond donors (Lipinski definition) is 0. The van der Waals surface area contributed by atoms with E-state index in [1.165, 1.54) is 0 Å². The topological polar surface area (TPSA) is 33.2 Å². The highest BCUT2D eigenvalue weighted by molar-refractivity contribution is 6.35. The number of hydrogen-bond acceptors (Lipinski definition) is 2. The van der Waals surface area contributed by atoms with Gasteiger partial charge in [0.1, 0.15) is 5.69 Å². The van der Waals surface area contributed by atoms with E-state index in [9.17, 15) is 4.79 Å². The third kappa shape index (κ3) is 3.53. The largest absolute Gasteiger partial charge is 0.335 e. The van der Waals surface area contributed by atoms with Gasteiger partial charge in [-0.25, -0.2) is 4.98 Å². The standard InChI is InChI=1S/C17H21ClN2O/c1-11(2)10-20(12(3)4)17(21)16-9-14(18)13-7-5-6-8-15(13)19-16/h5-9,11-12H,10H2,1-4H3. The SMILES string of the molecule is CC(C)CN(C(=O)c1cc(Cl)c2ccccc2n1)C(C)C. The summed E-state index contributed by atoms with van der Waals surface area (Å²) in [6, 6.07) is 9.40. The van der Waals surface area contributed by atoms with Crippen LogP contribution in [0.1, 0.15) is 38.2 Å². The maximum atomic E-state index is 12.7. The minimum atomic E-state index is -0.0636. The van der Waals surface area contributed by atoms with Gasteiger partial charge >= 0.3 is 0 Å². The molecule has 21 heavy (non-hydrogen) atoms. The van der Waals surface area contributed by atoms with Gasteiger partial charge in [0, 0.05) is 18.0 Å². The highest BCUT2D eigenvalue weighted by atomic mass is 35.5. The van der Waals surface area contributed by atoms with E-state index in [0.29, 0.717) is 23.2 Å². The summed E-state index contributed by atoms with van der Waals surface area (Å²) in [5, 5.41) is 1.44. The number of nitrogens with zero attached hydrogens (tertiary/aromatic N) is 2. The number of para-hydroxylation sites is 1. The van der Waals surface area contributed by atoms with Crippen LogP contribution in [-0.2, 0) is 0 Å². The molecule has 1 heterocycles. The van der Waals surface area contributed by atoms with Crippen molar-refractivity contribution in [3.05, 3.63) is 41.0 Å². The Morgan fingerprint density at radius 3 is 2.52 bits per heavy atom. The molecule has 0 fully saturated rings. The van der Waals surface area contributed by atoms with Gasteiger partial charge in [-0.2, -0.15) is 0 Å². The van der Waals surface area contributed by atoms with Crippen LogP contribution in [0.15, 0.2) is 30.3 Å². The quantitative estimate of drug-likeness (QED) is 0.839. The third-order valence-electron chi connectivity index (χ3n) is 3.33. The molecule has 2 rings (SSSR count). The molecule has 0 saturated heterocycles. The Morgan fingerprint density at radius 1 is 1.24 bits per heavy atom. The molecule has 0 bridgehead atoms. The summed E-state index contributed by atoms with van der Waals surface area (Å²) in [6.07, 6.45) is 0. The average Bonchev–Trinajstić information content (AvgIpc) is 2.43. The molecule has 2 aromatic rings. The van der Waals surface area contributed by atoms with Gasteiger partial charge in [-0.1, -0.05) is 43.6 Å². The van der Waals surface area contributed by atoms with Gasteiger partial charge in [0.15, 0.2) is 0 Å². The predicted molar refractivity (Wildman–Crippen MR) is 87.8 cm³/mol. The second kappa shape index (κ2) is 6.44. The number of halogens is 1. The van der Waals surface area contributed by atoms with Crippen molar-refractivity contribution in [2.24, 2.45) is 5.92 Å². The Kier molecular flexibility index (Phi) is 4.84. The lowest BCUT2D eigenvalue weighted by Gasteiger charge is -2.28. The van der Waals surface area contributed by atoms with E-state index in [1.54, 1.807) is 6.07 Å². The summed E-state index contributed by atoms with van der Waals surface area (Å²) in [5.74, 6) is 0.346. The van der Waals surface area contributed by atoms with E-state index in [4.69, 9.17) is 11.6 Å². The molecular formula is C17H21ClN2O. The summed E-state index contributed by atoms with van der Waals surface area (Å²) in [7, 11) is 0. The van der Waals surface area contributed by atoms with Crippen LogP contribution in [0.4, 0.5) is 0 Å². The molecule has 0 aliphatic heterocycles. The molecular weight excluding hydrogens is 284 g/mol. The van der Waals surface area contributed by atoms with Crippen LogP contribution in [-0.4, -0.2) is 28.4 Å². The van der Waals surface area contributed by atoms with Crippen molar-refractivity contribution in [3.63, 3.8) is 0 Å². The van der Waals surface area contributed by atoms with Gasteiger partial charge in [-0.15, -0.1) is 0 Å². The van der Waals surface area contributed by atoms with Crippen LogP contribution >= 0.6 is 11.6 Å². The summed E-state index contributed by atoms with van der Waals surface area (Å²) in [6.45, 7) is 8.95. The van der Waals surface area contributed by atoms with Crippen LogP contribution in [0.5, 0.6) is 0 Å². The average molecular weight is 305 g/mol. The monoisotopic (exact) mass is 304 g/mol. The summed E-state index contributed by atoms with van der Waals surface area (Å²) in [4.78, 5) is 19.0. The van der Waals surface area contributed by atoms with Crippen molar-refractivity contribution in [1.82, 2.24) is 9.88 Å². The fourth-order valence-corrected chi connectivity index (χ4v) is 2.57. The molecule has 0 aliphatic rings. The van der Waals surface area contributed by atoms with Gasteiger partial charge in [-0.3, -0.25) is 4.79 Å². The number of aromatic nitrogens is 1. The Labute approximate surface area is 130 Å². The number of rotatable bonds is 4. The lowest BCUT2D eigenvalue weighted by atomic mass is 10.1. The van der Waals surface area contributed by atoms with E-state index in [1.807, 2.05) is 43.0 Å². The van der Waals surface area contributed by atoms with Gasteiger partial charge < -0.3 is 4.90 Å². The lowest BCUT2D eigenvalue weighted by Crippen LogP contribution is -2.39. The highest BCUT2D eigenvalue weighted by Gasteiger charge is 2.21. The van der Waals surface area contributed by atoms with Crippen molar-refractivity contribution in [2.75, 3.05) is 6.54 Å². The normalized spacial score (nSPS) is 11.4. The number of fused-ring (bicyclic) bond motifs is 1. The van der Waals surface area contributed by atoms with Gasteiger partial charge in [0.05, 0.1) is 10.5 Å². The van der Waals surface area contributed by atoms with Crippen LogP contribution < -0.4 is 0 Å². The van der Waals surface area contributed by atoms with E-state index in [-0.39, 0.29) is 11.9 Å². The minimum Gasteiger partial charge on any atom is -0.335 e. The Morgan fingerprint density at radius 2 is 1.90 bits per heavy atom. The molecule has 1 aromatic heterocycles. The number of carbonyl (C=O) groups is 1. The van der Waals surface area contributed by atoms with Gasteiger partial charge in [-0.05, 0) is 31.9 Å². The van der Waals surface area contributed by atoms with Crippen molar-refractivity contribution >= 4 is 28.4 Å². The molecule has 1 aromatic carbocycles. The van der Waals surface area contributed by atoms with Crippen molar-refractivity contribution < 1.29 is 4.79 Å². The van der Waals surface area contributed by atoms with Gasteiger partial charge in [0.2, 0.25) is 0 Å². The Bertz CT molecular complexity index is 652. The summed E-state index contributed by atoms with van der Waals surface area (Å²) >= 11 is 6.29. The maximum absolute atomic E-state index is 12.7. The fourth-order valence-electron chi connectivity index (χ4n) is 2.31. The van der Waals surface area contributed by atoms with E-state index >= 15 is 0 Å². The zero-order valence-electron chi connectivity index (χ0n) is 12.9. The first kappa shape index (κ1) is 15.8. The zero-order chi connectivity index (χ0) is 15.6. The first-order valence-corrected chi connectivity index (χ1v) is 7.64. The molecule has 4 heteroatoms. The predicted octanol–water partition coefficient (Wildman–Crippen LogP) is 4.39. The maximum Gasteiger partial charge on any atom is 0.272 e. The smallest absolute Gasteiger partial charge is 0.272 e. The molecule has 0 spiro atoms. The van der Waals surface area contributed by atoms with Crippen molar-refractivity contribution in [1.29, 1.82) is 0 Å². The summed E-state index contributed by atoms with van der Waals surface area (Å²) in [5.41, 5.74) is 1.16. The molecule has 0 saturated carbocycles. The van der Waals surface area contributed by atoms with Crippen LogP contribution in [0.3, 0.4) is 0 Å². The van der Waals surface area contributed by atoms with Crippen LogP contribution in [0.25, 0.3) is 10.9 Å². The van der Waals surface area contributed by atoms with Gasteiger partial charge in [0.25, 0.3) is 5.91 Å². The second-order valence-corrected chi connectivity index (χ2v) is 6.36. The molecule has 0 aliphatic carbocycles. The summed E-state index contributed by atoms with van der Waals surface area (Å²) < 4.78 is 0. The number of amides is 1. The van der Waals surface area contributed by atoms with E-state index in [2.05, 4.69) is 18.8 Å². The Balaban J connectivity index is 2.42. The molecule has 3 nitrogen and oxygen atoms in total. The minimum absolute atomic E-state index is 0.0636. The molecule has 0 unspecified atom stereocenters. The third-order valence-corrected chi connectivity index (χ3v) is 3.64. The molecule has 0 N–H and O–H groups in total. The first-order valence-electron chi connectivity index (χ1n) is 7.26.